The first kappa shape index (κ1) is 25.1. The Bertz CT molecular complexity index is 1410. The molecule has 1 atom stereocenters. The van der Waals surface area contributed by atoms with E-state index in [0.717, 1.165) is 21.0 Å². The molecule has 3 aromatic carbocycles. The topological polar surface area (TPSA) is 114 Å². The Morgan fingerprint density at radius 1 is 1.00 bits per heavy atom. The molecule has 1 heterocycles. The summed E-state index contributed by atoms with van der Waals surface area (Å²) in [5.74, 6) is -0.600. The van der Waals surface area contributed by atoms with Gasteiger partial charge in [0.05, 0.1) is 15.9 Å². The number of hydrogen-bond acceptors (Lipinski definition) is 7. The number of carbonyl (C=O) groups excluding carboxylic acids is 2. The van der Waals surface area contributed by atoms with Crippen LogP contribution in [-0.2, 0) is 4.79 Å². The highest BCUT2D eigenvalue weighted by Gasteiger charge is 2.18. The van der Waals surface area contributed by atoms with E-state index < -0.39 is 10.8 Å². The number of rotatable bonds is 8. The summed E-state index contributed by atoms with van der Waals surface area (Å²) in [6, 6.07) is 22.4. The average molecular weight is 519 g/mol. The average Bonchev–Trinajstić information content (AvgIpc) is 3.25. The molecule has 0 fully saturated rings. The largest absolute Gasteiger partial charge is 0.322 e. The Kier molecular flexibility index (Phi) is 7.77. The van der Waals surface area contributed by atoms with Crippen LogP contribution in [0.15, 0.2) is 83.8 Å². The van der Waals surface area contributed by atoms with Gasteiger partial charge in [0.2, 0.25) is 5.91 Å². The predicted molar refractivity (Wildman–Crippen MR) is 144 cm³/mol. The monoisotopic (exact) mass is 518 g/mol. The molecule has 1 aromatic heterocycles. The number of carbonyl (C=O) groups is 2. The Hall–Kier alpha value is -4.02. The van der Waals surface area contributed by atoms with E-state index in [0.29, 0.717) is 10.8 Å². The van der Waals surface area contributed by atoms with Crippen LogP contribution in [0.1, 0.15) is 22.2 Å². The third-order valence-electron chi connectivity index (χ3n) is 5.19. The molecule has 0 radical (unpaired) electrons. The van der Waals surface area contributed by atoms with Crippen molar-refractivity contribution in [2.45, 2.75) is 24.0 Å². The maximum Gasteiger partial charge on any atom is 0.270 e. The number of aryl methyl sites for hydroxylation is 1. The van der Waals surface area contributed by atoms with Gasteiger partial charge >= 0.3 is 0 Å². The molecule has 0 spiro atoms. The SMILES string of the molecule is Cc1sc(NC(=O)C(C)Sc2ccc(NC(=O)c3cccc([N+](=O)[O-])c3)cc2)nc1-c1ccccc1. The van der Waals surface area contributed by atoms with Crippen LogP contribution in [0.25, 0.3) is 11.3 Å². The molecule has 36 heavy (non-hydrogen) atoms. The second kappa shape index (κ2) is 11.1. The molecule has 0 aliphatic heterocycles. The van der Waals surface area contributed by atoms with Crippen LogP contribution in [-0.4, -0.2) is 27.0 Å². The van der Waals surface area contributed by atoms with E-state index in [2.05, 4.69) is 15.6 Å². The molecule has 182 valence electrons. The summed E-state index contributed by atoms with van der Waals surface area (Å²) in [6.07, 6.45) is 0. The first-order valence-electron chi connectivity index (χ1n) is 11.0. The molecular weight excluding hydrogens is 496 g/mol. The lowest BCUT2D eigenvalue weighted by Crippen LogP contribution is -2.22. The fourth-order valence-electron chi connectivity index (χ4n) is 3.36. The minimum absolute atomic E-state index is 0.147. The molecular formula is C26H22N4O4S2. The molecule has 0 saturated heterocycles. The number of aromatic nitrogens is 1. The highest BCUT2D eigenvalue weighted by atomic mass is 32.2. The molecule has 2 N–H and O–H groups in total. The molecule has 4 aromatic rings. The van der Waals surface area contributed by atoms with Crippen molar-refractivity contribution in [1.29, 1.82) is 0 Å². The second-order valence-corrected chi connectivity index (χ2v) is 10.4. The van der Waals surface area contributed by atoms with Crippen molar-refractivity contribution in [2.75, 3.05) is 10.6 Å². The van der Waals surface area contributed by atoms with Gasteiger partial charge in [0.25, 0.3) is 11.6 Å². The zero-order valence-electron chi connectivity index (χ0n) is 19.4. The van der Waals surface area contributed by atoms with Gasteiger partial charge in [-0.2, -0.15) is 0 Å². The van der Waals surface area contributed by atoms with Gasteiger partial charge < -0.3 is 10.6 Å². The highest BCUT2D eigenvalue weighted by molar-refractivity contribution is 8.00. The maximum absolute atomic E-state index is 12.7. The molecule has 0 saturated carbocycles. The molecule has 0 aliphatic rings. The lowest BCUT2D eigenvalue weighted by molar-refractivity contribution is -0.384. The molecule has 4 rings (SSSR count). The van der Waals surface area contributed by atoms with E-state index in [1.54, 1.807) is 24.3 Å². The van der Waals surface area contributed by atoms with Crippen molar-refractivity contribution in [1.82, 2.24) is 4.98 Å². The number of amides is 2. The minimum atomic E-state index is -0.544. The number of nitro groups is 1. The second-order valence-electron chi connectivity index (χ2n) is 7.83. The van der Waals surface area contributed by atoms with Crippen molar-refractivity contribution in [3.05, 3.63) is 99.4 Å². The lowest BCUT2D eigenvalue weighted by atomic mass is 10.1. The summed E-state index contributed by atoms with van der Waals surface area (Å²) in [7, 11) is 0. The van der Waals surface area contributed by atoms with Gasteiger partial charge in [-0.15, -0.1) is 23.1 Å². The fraction of sp³-hybridized carbons (Fsp3) is 0.115. The minimum Gasteiger partial charge on any atom is -0.322 e. The van der Waals surface area contributed by atoms with Gasteiger partial charge in [-0.1, -0.05) is 36.4 Å². The number of thioether (sulfide) groups is 1. The van der Waals surface area contributed by atoms with E-state index in [9.17, 15) is 19.7 Å². The van der Waals surface area contributed by atoms with E-state index in [-0.39, 0.29) is 22.4 Å². The van der Waals surface area contributed by atoms with Crippen LogP contribution >= 0.6 is 23.1 Å². The van der Waals surface area contributed by atoms with Gasteiger partial charge in [0.15, 0.2) is 5.13 Å². The third-order valence-corrected chi connectivity index (χ3v) is 7.19. The summed E-state index contributed by atoms with van der Waals surface area (Å²) < 4.78 is 0. The van der Waals surface area contributed by atoms with Crippen LogP contribution < -0.4 is 10.6 Å². The smallest absolute Gasteiger partial charge is 0.270 e. The molecule has 1 unspecified atom stereocenters. The van der Waals surface area contributed by atoms with Crippen LogP contribution in [0, 0.1) is 17.0 Å². The summed E-state index contributed by atoms with van der Waals surface area (Å²) in [4.78, 5) is 42.0. The fourth-order valence-corrected chi connectivity index (χ4v) is 5.07. The molecule has 0 bridgehead atoms. The Morgan fingerprint density at radius 2 is 1.72 bits per heavy atom. The third kappa shape index (κ3) is 6.15. The molecule has 8 nitrogen and oxygen atoms in total. The van der Waals surface area contributed by atoms with Crippen molar-refractivity contribution in [2.24, 2.45) is 0 Å². The molecule has 10 heteroatoms. The summed E-state index contributed by atoms with van der Waals surface area (Å²) in [6.45, 7) is 3.80. The van der Waals surface area contributed by atoms with Crippen molar-refractivity contribution >= 4 is 51.4 Å². The van der Waals surface area contributed by atoms with Crippen LogP contribution in [0.2, 0.25) is 0 Å². The van der Waals surface area contributed by atoms with Crippen LogP contribution in [0.3, 0.4) is 0 Å². The van der Waals surface area contributed by atoms with Crippen molar-refractivity contribution in [3.8, 4) is 11.3 Å². The normalized spacial score (nSPS) is 11.5. The molecule has 2 amide bonds. The Balaban J connectivity index is 1.34. The van der Waals surface area contributed by atoms with Gasteiger partial charge in [0.1, 0.15) is 0 Å². The standard InChI is InChI=1S/C26H22N4O4S2/c1-16-23(18-7-4-3-5-8-18)28-26(36-16)29-24(31)17(2)35-22-13-11-20(12-14-22)27-25(32)19-9-6-10-21(15-19)30(33)34/h3-15,17H,1-2H3,(H,27,32)(H,28,29,31). The highest BCUT2D eigenvalue weighted by Crippen LogP contribution is 2.31. The Morgan fingerprint density at radius 3 is 2.42 bits per heavy atom. The van der Waals surface area contributed by atoms with Crippen LogP contribution in [0.5, 0.6) is 0 Å². The van der Waals surface area contributed by atoms with Gasteiger partial charge in [-0.05, 0) is 44.2 Å². The number of nitrogens with one attached hydrogen (secondary N) is 2. The van der Waals surface area contributed by atoms with E-state index in [1.807, 2.05) is 44.2 Å². The Labute approximate surface area is 215 Å². The van der Waals surface area contributed by atoms with Crippen molar-refractivity contribution in [3.63, 3.8) is 0 Å². The lowest BCUT2D eigenvalue weighted by Gasteiger charge is -2.11. The number of thiazole rings is 1. The number of hydrogen-bond donors (Lipinski definition) is 2. The van der Waals surface area contributed by atoms with Gasteiger partial charge in [0, 0.05) is 38.7 Å². The summed E-state index contributed by atoms with van der Waals surface area (Å²) in [5.41, 5.74) is 2.46. The van der Waals surface area contributed by atoms with Crippen molar-refractivity contribution < 1.29 is 14.5 Å². The maximum atomic E-state index is 12.7. The number of benzene rings is 3. The zero-order chi connectivity index (χ0) is 25.7. The first-order valence-corrected chi connectivity index (χ1v) is 12.7. The zero-order valence-corrected chi connectivity index (χ0v) is 21.1. The quantitative estimate of drug-likeness (QED) is 0.158. The summed E-state index contributed by atoms with van der Waals surface area (Å²) in [5, 5.41) is 16.7. The first-order chi connectivity index (χ1) is 17.3. The van der Waals surface area contributed by atoms with Gasteiger partial charge in [-0.3, -0.25) is 19.7 Å². The van der Waals surface area contributed by atoms with E-state index in [4.69, 9.17) is 0 Å². The molecule has 0 aliphatic carbocycles. The van der Waals surface area contributed by atoms with Gasteiger partial charge in [-0.25, -0.2) is 4.98 Å². The van der Waals surface area contributed by atoms with E-state index >= 15 is 0 Å². The predicted octanol–water partition coefficient (Wildman–Crippen LogP) is 6.40. The number of non-ortho nitro benzene ring substituents is 1. The van der Waals surface area contributed by atoms with E-state index in [1.165, 1.54) is 47.4 Å². The summed E-state index contributed by atoms with van der Waals surface area (Å²) >= 11 is 2.82. The number of nitro benzene ring substituents is 1. The van der Waals surface area contributed by atoms with Crippen LogP contribution in [0.4, 0.5) is 16.5 Å². The number of anilines is 2. The number of nitrogens with zero attached hydrogens (tertiary/aromatic N) is 2.